The van der Waals surface area contributed by atoms with Gasteiger partial charge in [0.05, 0.1) is 17.6 Å². The van der Waals surface area contributed by atoms with Gasteiger partial charge in [-0.2, -0.15) is 0 Å². The van der Waals surface area contributed by atoms with Crippen LogP contribution >= 0.6 is 15.9 Å². The molecule has 0 bridgehead atoms. The summed E-state index contributed by atoms with van der Waals surface area (Å²) in [5, 5.41) is 0. The van der Waals surface area contributed by atoms with E-state index in [0.29, 0.717) is 6.61 Å². The van der Waals surface area contributed by atoms with E-state index in [1.165, 1.54) is 0 Å². The Morgan fingerprint density at radius 1 is 1.43 bits per heavy atom. The second-order valence-electron chi connectivity index (χ2n) is 5.47. The molecule has 1 aromatic heterocycles. The summed E-state index contributed by atoms with van der Waals surface area (Å²) >= 11 is 3.48. The summed E-state index contributed by atoms with van der Waals surface area (Å²) in [4.78, 5) is 17.2. The van der Waals surface area contributed by atoms with E-state index in [1.807, 2.05) is 19.1 Å². The molecular formula is C16H19BrN2O2. The number of fused-ring (bicyclic) bond motifs is 1. The van der Waals surface area contributed by atoms with Crippen molar-refractivity contribution in [2.45, 2.75) is 45.1 Å². The molecule has 1 fully saturated rings. The van der Waals surface area contributed by atoms with Crippen molar-refractivity contribution in [3.8, 4) is 0 Å². The Kier molecular flexibility index (Phi) is 3.78. The van der Waals surface area contributed by atoms with Gasteiger partial charge in [-0.25, -0.2) is 4.98 Å². The molecule has 5 heteroatoms. The van der Waals surface area contributed by atoms with E-state index in [2.05, 4.69) is 33.5 Å². The van der Waals surface area contributed by atoms with Crippen LogP contribution in [0, 0.1) is 0 Å². The van der Waals surface area contributed by atoms with E-state index in [0.717, 1.165) is 47.1 Å². The summed E-state index contributed by atoms with van der Waals surface area (Å²) in [5.74, 6) is 0.739. The lowest BCUT2D eigenvalue weighted by Crippen LogP contribution is -2.45. The van der Waals surface area contributed by atoms with Gasteiger partial charge in [0.25, 0.3) is 0 Å². The number of benzene rings is 1. The lowest BCUT2D eigenvalue weighted by molar-refractivity contribution is -0.154. The number of hydrogen-bond donors (Lipinski definition) is 0. The number of aryl methyl sites for hydroxylation is 1. The fraction of sp³-hybridized carbons (Fsp3) is 0.500. The van der Waals surface area contributed by atoms with Gasteiger partial charge in [0.2, 0.25) is 0 Å². The van der Waals surface area contributed by atoms with Crippen LogP contribution in [0.5, 0.6) is 0 Å². The maximum absolute atomic E-state index is 12.5. The molecule has 21 heavy (non-hydrogen) atoms. The highest BCUT2D eigenvalue weighted by molar-refractivity contribution is 9.10. The SMILES string of the molecule is CCOC(=O)C1(c2nc3cc(Br)ccc3n2CC)CCC1. The summed E-state index contributed by atoms with van der Waals surface area (Å²) in [6.07, 6.45) is 2.71. The van der Waals surface area contributed by atoms with Gasteiger partial charge in [0.1, 0.15) is 11.2 Å². The van der Waals surface area contributed by atoms with Crippen molar-refractivity contribution in [1.82, 2.24) is 9.55 Å². The number of carbonyl (C=O) groups excluding carboxylic acids is 1. The zero-order chi connectivity index (χ0) is 15.0. The second kappa shape index (κ2) is 5.44. The topological polar surface area (TPSA) is 44.1 Å². The molecule has 0 unspecified atom stereocenters. The predicted octanol–water partition coefficient (Wildman–Crippen LogP) is 3.80. The second-order valence-corrected chi connectivity index (χ2v) is 6.38. The third-order valence-corrected chi connectivity index (χ3v) is 4.82. The Balaban J connectivity index is 2.16. The van der Waals surface area contributed by atoms with Crippen LogP contribution in [0.4, 0.5) is 0 Å². The van der Waals surface area contributed by atoms with Gasteiger partial charge < -0.3 is 9.30 Å². The number of esters is 1. The summed E-state index contributed by atoms with van der Waals surface area (Å²) in [5.41, 5.74) is 1.46. The molecule has 3 rings (SSSR count). The predicted molar refractivity (Wildman–Crippen MR) is 85.3 cm³/mol. The lowest BCUT2D eigenvalue weighted by atomic mass is 9.68. The van der Waals surface area contributed by atoms with Crippen LogP contribution in [0.15, 0.2) is 22.7 Å². The quantitative estimate of drug-likeness (QED) is 0.787. The van der Waals surface area contributed by atoms with Crippen LogP contribution in [0.25, 0.3) is 11.0 Å². The van der Waals surface area contributed by atoms with Gasteiger partial charge in [0.15, 0.2) is 0 Å². The molecule has 1 aromatic carbocycles. The van der Waals surface area contributed by atoms with Crippen molar-refractivity contribution in [3.63, 3.8) is 0 Å². The molecule has 1 aliphatic carbocycles. The molecular weight excluding hydrogens is 332 g/mol. The van der Waals surface area contributed by atoms with Gasteiger partial charge in [0, 0.05) is 11.0 Å². The molecule has 0 spiro atoms. The van der Waals surface area contributed by atoms with Crippen LogP contribution in [-0.2, 0) is 21.5 Å². The van der Waals surface area contributed by atoms with Crippen molar-refractivity contribution in [1.29, 1.82) is 0 Å². The third-order valence-electron chi connectivity index (χ3n) is 4.33. The average molecular weight is 351 g/mol. The zero-order valence-corrected chi connectivity index (χ0v) is 13.9. The average Bonchev–Trinajstić information content (AvgIpc) is 2.75. The molecule has 0 saturated heterocycles. The summed E-state index contributed by atoms with van der Waals surface area (Å²) < 4.78 is 8.47. The maximum atomic E-state index is 12.5. The Morgan fingerprint density at radius 3 is 2.76 bits per heavy atom. The molecule has 0 aliphatic heterocycles. The fourth-order valence-electron chi connectivity index (χ4n) is 3.11. The molecule has 112 valence electrons. The Labute approximate surface area is 132 Å². The number of halogens is 1. The largest absolute Gasteiger partial charge is 0.465 e. The summed E-state index contributed by atoms with van der Waals surface area (Å²) in [7, 11) is 0. The van der Waals surface area contributed by atoms with Gasteiger partial charge in [-0.3, -0.25) is 4.79 Å². The zero-order valence-electron chi connectivity index (χ0n) is 12.4. The van der Waals surface area contributed by atoms with E-state index in [4.69, 9.17) is 9.72 Å². The molecule has 0 N–H and O–H groups in total. The number of rotatable bonds is 4. The molecule has 0 radical (unpaired) electrons. The van der Waals surface area contributed by atoms with E-state index in [1.54, 1.807) is 0 Å². The van der Waals surface area contributed by atoms with E-state index in [-0.39, 0.29) is 5.97 Å². The minimum atomic E-state index is -0.544. The number of nitrogens with zero attached hydrogens (tertiary/aromatic N) is 2. The summed E-state index contributed by atoms with van der Waals surface area (Å²) in [6.45, 7) is 5.15. The maximum Gasteiger partial charge on any atom is 0.319 e. The molecule has 0 amide bonds. The highest BCUT2D eigenvalue weighted by atomic mass is 79.9. The van der Waals surface area contributed by atoms with Crippen molar-refractivity contribution in [3.05, 3.63) is 28.5 Å². The third kappa shape index (κ3) is 2.18. The van der Waals surface area contributed by atoms with E-state index >= 15 is 0 Å². The highest BCUT2D eigenvalue weighted by Gasteiger charge is 2.50. The standard InChI is InChI=1S/C16H19BrN2O2/c1-3-19-13-7-6-11(17)10-12(13)18-14(19)16(8-5-9-16)15(20)21-4-2/h6-7,10H,3-5,8-9H2,1-2H3. The Bertz CT molecular complexity index is 689. The summed E-state index contributed by atoms with van der Waals surface area (Å²) in [6, 6.07) is 6.07. The van der Waals surface area contributed by atoms with Crippen molar-refractivity contribution >= 4 is 32.9 Å². The molecule has 1 saturated carbocycles. The number of carbonyl (C=O) groups is 1. The number of aromatic nitrogens is 2. The first-order valence-corrected chi connectivity index (χ1v) is 8.25. The van der Waals surface area contributed by atoms with Crippen LogP contribution in [0.2, 0.25) is 0 Å². The van der Waals surface area contributed by atoms with E-state index in [9.17, 15) is 4.79 Å². The van der Waals surface area contributed by atoms with Gasteiger partial charge >= 0.3 is 5.97 Å². The Morgan fingerprint density at radius 2 is 2.19 bits per heavy atom. The molecule has 0 atom stereocenters. The van der Waals surface area contributed by atoms with Gasteiger partial charge in [-0.05, 0) is 44.9 Å². The Hall–Kier alpha value is -1.36. The molecule has 2 aromatic rings. The van der Waals surface area contributed by atoms with Crippen LogP contribution in [-0.4, -0.2) is 22.1 Å². The van der Waals surface area contributed by atoms with E-state index < -0.39 is 5.41 Å². The fourth-order valence-corrected chi connectivity index (χ4v) is 3.46. The minimum absolute atomic E-state index is 0.125. The number of imidazole rings is 1. The van der Waals surface area contributed by atoms with Crippen molar-refractivity contribution in [2.24, 2.45) is 0 Å². The first kappa shape index (κ1) is 14.6. The smallest absolute Gasteiger partial charge is 0.319 e. The van der Waals surface area contributed by atoms with Crippen LogP contribution in [0.1, 0.15) is 38.9 Å². The normalized spacial score (nSPS) is 16.7. The van der Waals surface area contributed by atoms with Gasteiger partial charge in [-0.1, -0.05) is 22.4 Å². The number of hydrogen-bond acceptors (Lipinski definition) is 3. The first-order valence-electron chi connectivity index (χ1n) is 7.46. The first-order chi connectivity index (χ1) is 10.1. The minimum Gasteiger partial charge on any atom is -0.465 e. The van der Waals surface area contributed by atoms with Crippen LogP contribution in [0.3, 0.4) is 0 Å². The highest BCUT2D eigenvalue weighted by Crippen LogP contribution is 2.45. The molecule has 1 heterocycles. The monoisotopic (exact) mass is 350 g/mol. The molecule has 1 aliphatic rings. The van der Waals surface area contributed by atoms with Gasteiger partial charge in [-0.15, -0.1) is 0 Å². The van der Waals surface area contributed by atoms with Crippen molar-refractivity contribution < 1.29 is 9.53 Å². The van der Waals surface area contributed by atoms with Crippen LogP contribution < -0.4 is 0 Å². The van der Waals surface area contributed by atoms with Crippen molar-refractivity contribution in [2.75, 3.05) is 6.61 Å². The lowest BCUT2D eigenvalue weighted by Gasteiger charge is -2.38. The molecule has 4 nitrogen and oxygen atoms in total. The number of ether oxygens (including phenoxy) is 1.